The summed E-state index contributed by atoms with van der Waals surface area (Å²) in [6.45, 7) is 0.924. The molecule has 1 aliphatic carbocycles. The predicted octanol–water partition coefficient (Wildman–Crippen LogP) is 2.96. The molecule has 3 aliphatic heterocycles. The van der Waals surface area contributed by atoms with Crippen molar-refractivity contribution in [3.8, 4) is 0 Å². The molecule has 33 heavy (non-hydrogen) atoms. The van der Waals surface area contributed by atoms with Gasteiger partial charge in [-0.25, -0.2) is 0 Å². The number of amides is 3. The van der Waals surface area contributed by atoms with Crippen LogP contribution >= 0.6 is 0 Å². The summed E-state index contributed by atoms with van der Waals surface area (Å²) in [5, 5.41) is 11.0. The molecular weight excluding hydrogens is 418 g/mol. The predicted molar refractivity (Wildman–Crippen MR) is 122 cm³/mol. The second-order valence-corrected chi connectivity index (χ2v) is 9.72. The lowest BCUT2D eigenvalue weighted by Gasteiger charge is -2.48. The Morgan fingerprint density at radius 2 is 1.73 bits per heavy atom. The van der Waals surface area contributed by atoms with Gasteiger partial charge in [0.05, 0.1) is 16.9 Å². The maximum Gasteiger partial charge on any atom is 0.260 e. The maximum absolute atomic E-state index is 13.6. The highest BCUT2D eigenvalue weighted by atomic mass is 16.3. The zero-order chi connectivity index (χ0) is 22.7. The zero-order valence-electron chi connectivity index (χ0n) is 18.4. The molecule has 0 spiro atoms. The van der Waals surface area contributed by atoms with Gasteiger partial charge in [-0.1, -0.05) is 43.2 Å². The molecule has 3 heterocycles. The molecule has 0 unspecified atom stereocenters. The van der Waals surface area contributed by atoms with E-state index in [9.17, 15) is 19.5 Å². The molecule has 0 aromatic heterocycles. The Morgan fingerprint density at radius 1 is 0.970 bits per heavy atom. The highest BCUT2D eigenvalue weighted by Crippen LogP contribution is 2.45. The topological polar surface area (TPSA) is 81.2 Å². The van der Waals surface area contributed by atoms with E-state index >= 15 is 0 Å². The van der Waals surface area contributed by atoms with Gasteiger partial charge in [0.25, 0.3) is 11.8 Å². The molecule has 1 N–H and O–H groups in total. The molecule has 4 aliphatic rings. The number of hydrogen-bond donors (Lipinski definition) is 1. The van der Waals surface area contributed by atoms with Gasteiger partial charge in [-0.05, 0) is 37.5 Å². The van der Waals surface area contributed by atoms with E-state index in [0.29, 0.717) is 36.3 Å². The lowest BCUT2D eigenvalue weighted by atomic mass is 9.71. The van der Waals surface area contributed by atoms with Gasteiger partial charge in [0, 0.05) is 30.1 Å². The lowest BCUT2D eigenvalue weighted by Crippen LogP contribution is -2.57. The fraction of sp³-hybridized carbons (Fsp3) is 0.423. The third-order valence-corrected chi connectivity index (χ3v) is 7.97. The molecule has 2 aromatic carbocycles. The fourth-order valence-corrected chi connectivity index (χ4v) is 6.18. The van der Waals surface area contributed by atoms with Crippen molar-refractivity contribution in [2.24, 2.45) is 5.92 Å². The summed E-state index contributed by atoms with van der Waals surface area (Å²) < 4.78 is 0. The Labute approximate surface area is 192 Å². The summed E-state index contributed by atoms with van der Waals surface area (Å²) >= 11 is 0. The molecule has 3 atom stereocenters. The molecule has 0 radical (unpaired) electrons. The molecule has 170 valence electrons. The summed E-state index contributed by atoms with van der Waals surface area (Å²) in [6.07, 6.45) is 3.79. The quantitative estimate of drug-likeness (QED) is 0.771. The van der Waals surface area contributed by atoms with Crippen molar-refractivity contribution in [3.63, 3.8) is 0 Å². The van der Waals surface area contributed by atoms with E-state index in [-0.39, 0.29) is 30.2 Å². The highest BCUT2D eigenvalue weighted by molar-refractivity contribution is 6.17. The largest absolute Gasteiger partial charge is 0.389 e. The summed E-state index contributed by atoms with van der Waals surface area (Å²) in [5.74, 6) is -0.437. The minimum Gasteiger partial charge on any atom is -0.389 e. The van der Waals surface area contributed by atoms with Crippen LogP contribution in [0.3, 0.4) is 0 Å². The molecular formula is C26H27N3O4. The van der Waals surface area contributed by atoms with Crippen molar-refractivity contribution < 1.29 is 19.5 Å². The van der Waals surface area contributed by atoms with Crippen molar-refractivity contribution >= 4 is 23.4 Å². The van der Waals surface area contributed by atoms with Gasteiger partial charge >= 0.3 is 0 Å². The number of nitrogens with zero attached hydrogens (tertiary/aromatic N) is 3. The summed E-state index contributed by atoms with van der Waals surface area (Å²) in [5.41, 5.74) is 1.67. The van der Waals surface area contributed by atoms with Gasteiger partial charge < -0.3 is 14.9 Å². The zero-order valence-corrected chi connectivity index (χ0v) is 18.4. The standard InChI is InChI=1S/C26H27N3O4/c30-22(27-14-13-26(33)12-6-5-7-17(26)15-27)16-28-23-18-8-1-2-9-19(18)25(32)29(23)21-11-4-3-10-20(21)24(28)31/h1-4,8-11,17,23,33H,5-7,12-16H2/t17-,23-,26+/m1/s1. The Kier molecular flexibility index (Phi) is 4.59. The fourth-order valence-electron chi connectivity index (χ4n) is 6.18. The van der Waals surface area contributed by atoms with E-state index in [1.54, 1.807) is 34.1 Å². The molecule has 0 bridgehead atoms. The molecule has 7 heteroatoms. The normalized spacial score (nSPS) is 28.2. The molecule has 2 fully saturated rings. The first-order chi connectivity index (χ1) is 16.0. The van der Waals surface area contributed by atoms with Crippen LogP contribution in [-0.2, 0) is 4.79 Å². The molecule has 6 rings (SSSR count). The van der Waals surface area contributed by atoms with Crippen molar-refractivity contribution in [1.29, 1.82) is 0 Å². The molecule has 7 nitrogen and oxygen atoms in total. The Bertz CT molecular complexity index is 1160. The van der Waals surface area contributed by atoms with Crippen LogP contribution in [0, 0.1) is 5.92 Å². The number of fused-ring (bicyclic) bond motifs is 6. The summed E-state index contributed by atoms with van der Waals surface area (Å²) in [6, 6.07) is 14.4. The third-order valence-electron chi connectivity index (χ3n) is 7.97. The lowest BCUT2D eigenvalue weighted by molar-refractivity contribution is -0.144. The number of hydrogen-bond acceptors (Lipinski definition) is 4. The van der Waals surface area contributed by atoms with Crippen LogP contribution in [0.1, 0.15) is 64.5 Å². The van der Waals surface area contributed by atoms with Crippen LogP contribution in [0.2, 0.25) is 0 Å². The first kappa shape index (κ1) is 20.4. The van der Waals surface area contributed by atoms with Gasteiger partial charge in [-0.2, -0.15) is 0 Å². The van der Waals surface area contributed by atoms with Crippen molar-refractivity contribution in [2.75, 3.05) is 24.5 Å². The number of para-hydroxylation sites is 1. The maximum atomic E-state index is 13.6. The Balaban J connectivity index is 1.32. The monoisotopic (exact) mass is 445 g/mol. The SMILES string of the molecule is O=C(CN1C(=O)c2ccccc2N2C(=O)c3ccccc3[C@H]12)N1CC[C@@]2(O)CCCC[C@@H]2C1. The van der Waals surface area contributed by atoms with E-state index in [0.717, 1.165) is 31.2 Å². The highest BCUT2D eigenvalue weighted by Gasteiger charge is 2.49. The number of anilines is 1. The minimum atomic E-state index is -0.664. The van der Waals surface area contributed by atoms with E-state index < -0.39 is 11.8 Å². The van der Waals surface area contributed by atoms with E-state index in [1.807, 2.05) is 24.3 Å². The number of likely N-dealkylation sites (tertiary alicyclic amines) is 1. The molecule has 1 saturated heterocycles. The number of rotatable bonds is 2. The second-order valence-electron chi connectivity index (χ2n) is 9.72. The first-order valence-corrected chi connectivity index (χ1v) is 11.8. The van der Waals surface area contributed by atoms with E-state index in [4.69, 9.17) is 0 Å². The molecule has 1 saturated carbocycles. The number of benzene rings is 2. The average molecular weight is 446 g/mol. The van der Waals surface area contributed by atoms with Crippen LogP contribution < -0.4 is 4.90 Å². The molecule has 2 aromatic rings. The smallest absolute Gasteiger partial charge is 0.260 e. The van der Waals surface area contributed by atoms with Gasteiger partial charge in [0.15, 0.2) is 0 Å². The van der Waals surface area contributed by atoms with E-state index in [2.05, 4.69) is 0 Å². The van der Waals surface area contributed by atoms with Gasteiger partial charge in [-0.15, -0.1) is 0 Å². The second kappa shape index (κ2) is 7.42. The van der Waals surface area contributed by atoms with Gasteiger partial charge in [0.2, 0.25) is 5.91 Å². The van der Waals surface area contributed by atoms with Crippen molar-refractivity contribution in [1.82, 2.24) is 9.80 Å². The van der Waals surface area contributed by atoms with Crippen LogP contribution in [0.4, 0.5) is 5.69 Å². The Hall–Kier alpha value is -3.19. The van der Waals surface area contributed by atoms with Gasteiger partial charge in [-0.3, -0.25) is 19.3 Å². The van der Waals surface area contributed by atoms with E-state index in [1.165, 1.54) is 4.90 Å². The van der Waals surface area contributed by atoms with Gasteiger partial charge in [0.1, 0.15) is 12.7 Å². The summed E-state index contributed by atoms with van der Waals surface area (Å²) in [4.78, 5) is 45.3. The van der Waals surface area contributed by atoms with Crippen molar-refractivity contribution in [2.45, 2.75) is 43.9 Å². The molecule has 3 amide bonds. The van der Waals surface area contributed by atoms with Crippen molar-refractivity contribution in [3.05, 3.63) is 65.2 Å². The number of carbonyl (C=O) groups excluding carboxylic acids is 3. The minimum absolute atomic E-state index is 0.0898. The average Bonchev–Trinajstić information content (AvgIpc) is 3.13. The number of carbonyl (C=O) groups is 3. The number of piperidine rings is 1. The summed E-state index contributed by atoms with van der Waals surface area (Å²) in [7, 11) is 0. The third kappa shape index (κ3) is 3.02. The van der Waals surface area contributed by atoms with Crippen LogP contribution in [0.15, 0.2) is 48.5 Å². The number of aliphatic hydroxyl groups is 1. The van der Waals surface area contributed by atoms with Crippen LogP contribution in [-0.4, -0.2) is 57.9 Å². The van der Waals surface area contributed by atoms with Crippen LogP contribution in [0.5, 0.6) is 0 Å². The Morgan fingerprint density at radius 3 is 2.58 bits per heavy atom. The first-order valence-electron chi connectivity index (χ1n) is 11.8. The van der Waals surface area contributed by atoms with Crippen LogP contribution in [0.25, 0.3) is 0 Å².